The first-order chi connectivity index (χ1) is 66.5. The largest absolute Gasteiger partial charge is 0.461 e. The molecular weight excluding hydrogens is 1880 g/mol. The van der Waals surface area contributed by atoms with Crippen LogP contribution in [0.5, 0.6) is 0 Å². The Labute approximate surface area is 837 Å². The van der Waals surface area contributed by atoms with Crippen LogP contribution in [-0.2, 0) is 105 Å². The minimum atomic E-state index is -1.63. The van der Waals surface area contributed by atoms with Crippen LogP contribution in [0.2, 0.25) is 0 Å². The van der Waals surface area contributed by atoms with E-state index in [0.717, 1.165) is 140 Å². The number of aliphatic hydroxyl groups is 8. The number of ether oxygens (including phenoxy) is 11. The van der Waals surface area contributed by atoms with Crippen molar-refractivity contribution in [2.24, 2.45) is 11.8 Å². The maximum Gasteiger partial charge on any atom is 0.332 e. The van der Waals surface area contributed by atoms with Crippen molar-refractivity contribution in [2.45, 2.75) is 212 Å². The molecule has 0 aromatic rings. The number of aliphatic hydroxyl groups excluding tert-OH is 8. The lowest BCUT2D eigenvalue weighted by molar-refractivity contribution is -0.287. The molecule has 12 saturated heterocycles. The summed E-state index contributed by atoms with van der Waals surface area (Å²) in [6.07, 6.45) is 20.5. The van der Waals surface area contributed by atoms with Gasteiger partial charge in [0.2, 0.25) is 12.2 Å². The number of rotatable bonds is 32. The van der Waals surface area contributed by atoms with Gasteiger partial charge < -0.3 is 113 Å². The lowest BCUT2D eigenvalue weighted by Gasteiger charge is -2.37. The second-order valence-electron chi connectivity index (χ2n) is 34.2. The molecule has 0 radical (unpaired) electrons. The number of piperidine rings is 2. The third-order valence-electron chi connectivity index (χ3n) is 23.4. The van der Waals surface area contributed by atoms with Crippen molar-refractivity contribution < 1.29 is 146 Å². The van der Waals surface area contributed by atoms with E-state index in [1.54, 1.807) is 4.90 Å². The second kappa shape index (κ2) is 72.8. The zero-order valence-corrected chi connectivity index (χ0v) is 84.5. The molecule has 2 bridgehead atoms. The molecule has 1 spiro atoms. The third kappa shape index (κ3) is 54.2. The highest BCUT2D eigenvalue weighted by Crippen LogP contribution is 2.49. The lowest BCUT2D eigenvalue weighted by Crippen LogP contribution is -2.58. The molecule has 1 amide bonds. The monoisotopic (exact) mass is 2040 g/mol. The number of carbonyl (C=O) groups excluding carboxylic acids is 11. The van der Waals surface area contributed by atoms with Gasteiger partial charge >= 0.3 is 41.8 Å². The van der Waals surface area contributed by atoms with Gasteiger partial charge in [0, 0.05) is 141 Å². The van der Waals surface area contributed by atoms with Crippen molar-refractivity contribution in [3.05, 3.63) is 139 Å². The van der Waals surface area contributed by atoms with E-state index in [-0.39, 0.29) is 84.1 Å². The van der Waals surface area contributed by atoms with Gasteiger partial charge in [-0.1, -0.05) is 78.8 Å². The standard InChI is InChI=1S/C11H17NO.C11H16O2S2.C10H17NO2.C9H15NO2.C9H15NO.C9H14O7.C9H14O4.C8H13NO.C8H12O6.C7H12N2O.C7H10O3S2/c1-2-11(13)4-3-9-7-12-6-5-10(9)8-12;1-2-10(12)13-9-3-5-11(6-4-9)7-14-8-15-11;1-2-10(12)13-9-8-11-6-4-3-5-7-11;1-2-9(11)12-8-7-10-5-3-4-6-10;1-2-9(11)5-8-10-6-3-4-7-10;1-2-5(10)15-3-4-6(11)7(12)8(13)9(14)16-4;1-4-8(10)11-5-7-6-12-9(2,3)13-7;1-2-8(10)7-9-5-3-4-6-9;1-2-5(10)14-8-7(12)6(11)4(9)3-13-8;1-2-7(10)9-5-3-8-4-6-9;1-2-5(8)10-7-4-11-6(9)3-12-7/h2,9-10H,1,3-8H2;2,9H,1,3-8H2;2H,1,3-9H2;2H,1,3-8H2;2H,1,3-8H2;2,4,6-9,11-14H,1,3H2;4,7H,1,5-6H2,2-3H3;2H,1,3-7H2;2,4,6-9,11-12H,1,3H2;2,8H,1,3-6H2;2,6-7,9H,1,3-4H2. The van der Waals surface area contributed by atoms with E-state index in [9.17, 15) is 73.2 Å². The van der Waals surface area contributed by atoms with Gasteiger partial charge in [-0.2, -0.15) is 0 Å². The second-order valence-corrected chi connectivity index (χ2v) is 39.4. The van der Waals surface area contributed by atoms with Crippen LogP contribution in [0.1, 0.15) is 123 Å². The maximum atomic E-state index is 11.0. The van der Waals surface area contributed by atoms with Crippen LogP contribution in [0.3, 0.4) is 0 Å². The number of allylic oxidation sites excluding steroid dienone is 2. The molecule has 13 rings (SSSR count). The molecule has 1 aliphatic carbocycles. The van der Waals surface area contributed by atoms with Gasteiger partial charge in [0.25, 0.3) is 0 Å². The highest BCUT2D eigenvalue weighted by Gasteiger charge is 2.45. The van der Waals surface area contributed by atoms with E-state index in [1.165, 1.54) is 187 Å². The molecular formula is C98H155N7O30S4. The Bertz CT molecular complexity index is 3760. The predicted octanol–water partition coefficient (Wildman–Crippen LogP) is 5.37. The zero-order valence-electron chi connectivity index (χ0n) is 81.2. The number of nitrogens with one attached hydrogen (secondary N) is 1. The number of piperazine rings is 1. The smallest absolute Gasteiger partial charge is 0.332 e. The highest BCUT2D eigenvalue weighted by atomic mass is 32.2. The van der Waals surface area contributed by atoms with Gasteiger partial charge in [-0.25, -0.2) is 33.6 Å². The summed E-state index contributed by atoms with van der Waals surface area (Å²) in [7, 11) is 0. The average Bonchev–Trinajstić information content (AvgIpc) is 1.01. The van der Waals surface area contributed by atoms with Gasteiger partial charge in [0.05, 0.1) is 19.8 Å². The number of ketones is 3. The summed E-state index contributed by atoms with van der Waals surface area (Å²) in [5.74, 6) is 0.959. The number of fused-ring (bicyclic) bond motifs is 2. The van der Waals surface area contributed by atoms with E-state index in [1.807, 2.05) is 25.6 Å². The Balaban J connectivity index is 0.000000394. The summed E-state index contributed by atoms with van der Waals surface area (Å²) in [5, 5.41) is 78.1. The van der Waals surface area contributed by atoms with Crippen LogP contribution in [-0.4, -0.2) is 411 Å². The molecule has 139 heavy (non-hydrogen) atoms. The van der Waals surface area contributed by atoms with Crippen molar-refractivity contribution in [2.75, 3.05) is 186 Å². The van der Waals surface area contributed by atoms with E-state index in [4.69, 9.17) is 63.1 Å². The number of esters is 7. The molecule has 0 aromatic heterocycles. The Morgan fingerprint density at radius 3 is 1.43 bits per heavy atom. The normalized spacial score (nSPS) is 27.9. The van der Waals surface area contributed by atoms with Gasteiger partial charge in [-0.15, -0.1) is 47.0 Å². The van der Waals surface area contributed by atoms with Gasteiger partial charge in [0.1, 0.15) is 86.8 Å². The molecule has 1 saturated carbocycles. The summed E-state index contributed by atoms with van der Waals surface area (Å²) in [6, 6.07) is 0. The summed E-state index contributed by atoms with van der Waals surface area (Å²) < 4.78 is 54.7. The molecule has 15 atom stereocenters. The van der Waals surface area contributed by atoms with Crippen molar-refractivity contribution >= 4 is 112 Å². The molecule has 41 heteroatoms. The molecule has 12 heterocycles. The van der Waals surface area contributed by atoms with Crippen molar-refractivity contribution in [3.63, 3.8) is 0 Å². The number of amides is 1. The molecule has 13 fully saturated rings. The molecule has 9 N–H and O–H groups in total. The topological polar surface area (TPSA) is 483 Å². The number of hydrogen-bond donors (Lipinski definition) is 9. The molecule has 786 valence electrons. The number of carbonyl (C=O) groups is 11. The SMILES string of the molecule is C=CC(=O)CCC1CN2CCC1C2.C=CC(=O)CCN1CCCC1.C=CC(=O)CN1CCCC1.C=CC(=O)N1CCNCC1.C=CC(=O)OC1CCC2(CC1)CSCS2.C=CC(=O)OC1CSC(O)CS1.C=CC(=O)OC1OCC(O)C(O)C1O.C=CC(=O)OCC1COC(C)(C)O1.C=CC(=O)OCC1OC(O)C(O)C(O)C1O.C=CC(=O)OCCN1CCCC1.C=CC(=O)OCCN1CCCCC1. The van der Waals surface area contributed by atoms with E-state index in [0.29, 0.717) is 55.5 Å². The Hall–Kier alpha value is -7.41. The number of nitrogens with zero attached hydrogens (tertiary/aromatic N) is 6. The number of likely N-dealkylation sites (tertiary alicyclic amines) is 4. The van der Waals surface area contributed by atoms with E-state index >= 15 is 0 Å². The molecule has 0 aromatic carbocycles. The Morgan fingerprint density at radius 2 is 0.964 bits per heavy atom. The molecule has 13 aliphatic rings. The summed E-state index contributed by atoms with van der Waals surface area (Å²) in [6.45, 7) is 61.1. The number of thioether (sulfide) groups is 4. The van der Waals surface area contributed by atoms with E-state index < -0.39 is 85.0 Å². The molecule has 12 aliphatic heterocycles. The van der Waals surface area contributed by atoms with Crippen LogP contribution in [0.4, 0.5) is 0 Å². The quantitative estimate of drug-likeness (QED) is 0.0232. The fourth-order valence-corrected chi connectivity index (χ4v) is 21.1. The fraction of sp³-hybridized carbons (Fsp3) is 0.663. The van der Waals surface area contributed by atoms with Gasteiger partial charge in [-0.3, -0.25) is 33.9 Å². The summed E-state index contributed by atoms with van der Waals surface area (Å²) in [4.78, 5) is 132. The minimum Gasteiger partial charge on any atom is -0.461 e. The van der Waals surface area contributed by atoms with Crippen LogP contribution in [0, 0.1) is 11.8 Å². The fourth-order valence-electron chi connectivity index (χ4n) is 15.4. The minimum absolute atomic E-state index is 0.0431. The summed E-state index contributed by atoms with van der Waals surface area (Å²) >= 11 is 6.99. The van der Waals surface area contributed by atoms with Crippen LogP contribution >= 0.6 is 47.0 Å². The van der Waals surface area contributed by atoms with Crippen LogP contribution in [0.25, 0.3) is 0 Å². The van der Waals surface area contributed by atoms with Crippen molar-refractivity contribution in [3.8, 4) is 0 Å². The zero-order chi connectivity index (χ0) is 103. The Kier molecular flexibility index (Phi) is 65.8. The maximum absolute atomic E-state index is 11.0. The molecule has 37 nitrogen and oxygen atoms in total. The first-order valence-electron chi connectivity index (χ1n) is 47.3. The van der Waals surface area contributed by atoms with Crippen molar-refractivity contribution in [1.82, 2.24) is 34.7 Å². The van der Waals surface area contributed by atoms with Gasteiger partial charge in [0.15, 0.2) is 34.9 Å². The molecule has 15 unspecified atom stereocenters. The predicted molar refractivity (Wildman–Crippen MR) is 534 cm³/mol. The van der Waals surface area contributed by atoms with Crippen LogP contribution in [0.15, 0.2) is 139 Å². The Morgan fingerprint density at radius 1 is 0.468 bits per heavy atom. The third-order valence-corrected chi connectivity index (χ3v) is 29.2. The average molecular weight is 2040 g/mol. The van der Waals surface area contributed by atoms with Gasteiger partial charge in [-0.05, 0) is 199 Å². The summed E-state index contributed by atoms with van der Waals surface area (Å²) in [5.41, 5.74) is -0.461. The van der Waals surface area contributed by atoms with Crippen LogP contribution < -0.4 is 5.32 Å². The van der Waals surface area contributed by atoms with E-state index in [2.05, 4.69) is 123 Å². The first kappa shape index (κ1) is 126. The lowest BCUT2D eigenvalue weighted by atomic mass is 9.88. The highest BCUT2D eigenvalue weighted by molar-refractivity contribution is 8.20. The number of hydrogen-bond acceptors (Lipinski definition) is 40. The first-order valence-corrected chi connectivity index (χ1v) is 51.5. The van der Waals surface area contributed by atoms with Crippen molar-refractivity contribution in [1.29, 1.82) is 0 Å².